The van der Waals surface area contributed by atoms with E-state index in [1.54, 1.807) is 0 Å². The molecule has 2 amide bonds. The van der Waals surface area contributed by atoms with Crippen LogP contribution in [0.25, 0.3) is 0 Å². The Balaban J connectivity index is 1.59. The number of alkyl halides is 3. The number of rotatable bonds is 6. The number of nitrogens with zero attached hydrogens (tertiary/aromatic N) is 4. The first-order chi connectivity index (χ1) is 14.3. The minimum absolute atomic E-state index is 0.285. The van der Waals surface area contributed by atoms with Crippen molar-refractivity contribution in [3.63, 3.8) is 0 Å². The highest BCUT2D eigenvalue weighted by atomic mass is 19.4. The van der Waals surface area contributed by atoms with Crippen molar-refractivity contribution in [2.45, 2.75) is 25.4 Å². The van der Waals surface area contributed by atoms with Crippen LogP contribution < -0.4 is 10.6 Å². The van der Waals surface area contributed by atoms with Crippen molar-refractivity contribution < 1.29 is 22.8 Å². The van der Waals surface area contributed by atoms with Crippen LogP contribution in [0.15, 0.2) is 36.4 Å². The number of piperazine rings is 1. The van der Waals surface area contributed by atoms with Crippen LogP contribution in [0.5, 0.6) is 0 Å². The second kappa shape index (κ2) is 9.10. The smallest absolute Gasteiger partial charge is 0.370 e. The van der Waals surface area contributed by atoms with Crippen LogP contribution in [0.1, 0.15) is 34.5 Å². The molecular weight excluding hydrogens is 399 g/mol. The monoisotopic (exact) mass is 421 g/mol. The maximum atomic E-state index is 13.2. The lowest BCUT2D eigenvalue weighted by Crippen LogP contribution is -2.49. The molecule has 1 aliphatic rings. The van der Waals surface area contributed by atoms with Gasteiger partial charge in [0.05, 0.1) is 16.8 Å². The number of aryl methyl sites for hydroxylation is 1. The van der Waals surface area contributed by atoms with Crippen LogP contribution in [-0.4, -0.2) is 53.1 Å². The van der Waals surface area contributed by atoms with Gasteiger partial charge in [-0.1, -0.05) is 12.1 Å². The van der Waals surface area contributed by atoms with Crippen LogP contribution in [0.4, 0.5) is 19.0 Å². The normalized spacial score (nSPS) is 14.6. The molecule has 2 heterocycles. The summed E-state index contributed by atoms with van der Waals surface area (Å²) in [5, 5.41) is 8.32. The maximum absolute atomic E-state index is 13.2. The van der Waals surface area contributed by atoms with Gasteiger partial charge in [0.1, 0.15) is 0 Å². The minimum atomic E-state index is -4.58. The SMILES string of the molecule is NC(=O)CCCc1ccc(N2CCN(C(=O)c3ccccc3C(F)(F)F)CC2)nn1. The Labute approximate surface area is 171 Å². The molecule has 2 aromatic rings. The van der Waals surface area contributed by atoms with Gasteiger partial charge >= 0.3 is 6.18 Å². The molecule has 1 aromatic heterocycles. The van der Waals surface area contributed by atoms with Crippen LogP contribution >= 0.6 is 0 Å². The number of carbonyl (C=O) groups excluding carboxylic acids is 2. The Bertz CT molecular complexity index is 894. The van der Waals surface area contributed by atoms with E-state index in [1.165, 1.54) is 23.1 Å². The molecule has 0 bridgehead atoms. The zero-order chi connectivity index (χ0) is 21.7. The number of carbonyl (C=O) groups is 2. The molecule has 0 radical (unpaired) electrons. The van der Waals surface area contributed by atoms with E-state index in [0.717, 1.165) is 11.8 Å². The Morgan fingerprint density at radius 2 is 1.70 bits per heavy atom. The van der Waals surface area contributed by atoms with Gasteiger partial charge in [-0.3, -0.25) is 9.59 Å². The topological polar surface area (TPSA) is 92.4 Å². The van der Waals surface area contributed by atoms with Gasteiger partial charge in [0.25, 0.3) is 5.91 Å². The fourth-order valence-corrected chi connectivity index (χ4v) is 3.32. The Morgan fingerprint density at radius 3 is 2.30 bits per heavy atom. The van der Waals surface area contributed by atoms with Crippen molar-refractivity contribution >= 4 is 17.6 Å². The van der Waals surface area contributed by atoms with Gasteiger partial charge in [-0.25, -0.2) is 0 Å². The fourth-order valence-electron chi connectivity index (χ4n) is 3.32. The molecule has 1 aliphatic heterocycles. The van der Waals surface area contributed by atoms with Gasteiger partial charge in [0.2, 0.25) is 5.91 Å². The summed E-state index contributed by atoms with van der Waals surface area (Å²) in [6.07, 6.45) is -3.10. The number of anilines is 1. The molecular formula is C20H22F3N5O2. The Morgan fingerprint density at radius 1 is 1.00 bits per heavy atom. The molecule has 0 saturated carbocycles. The average molecular weight is 421 g/mol. The number of aromatic nitrogens is 2. The standard InChI is InChI=1S/C20H22F3N5O2/c21-20(22,23)16-6-2-1-5-15(16)19(30)28-12-10-27(11-13-28)18-9-8-14(25-26-18)4-3-7-17(24)29/h1-2,5-6,8-9H,3-4,7,10-13H2,(H2,24,29). The highest BCUT2D eigenvalue weighted by molar-refractivity contribution is 5.96. The second-order valence-corrected chi connectivity index (χ2v) is 7.03. The van der Waals surface area contributed by atoms with Gasteiger partial charge in [0, 0.05) is 32.6 Å². The zero-order valence-electron chi connectivity index (χ0n) is 16.2. The number of nitrogens with two attached hydrogens (primary N) is 1. The maximum Gasteiger partial charge on any atom is 0.417 e. The summed E-state index contributed by atoms with van der Waals surface area (Å²) >= 11 is 0. The quantitative estimate of drug-likeness (QED) is 0.773. The van der Waals surface area contributed by atoms with E-state index in [4.69, 9.17) is 5.73 Å². The molecule has 1 fully saturated rings. The van der Waals surface area contributed by atoms with Crippen molar-refractivity contribution in [1.29, 1.82) is 0 Å². The van der Waals surface area contributed by atoms with Gasteiger partial charge in [-0.05, 0) is 37.1 Å². The number of halogens is 3. The second-order valence-electron chi connectivity index (χ2n) is 7.03. The highest BCUT2D eigenvalue weighted by Crippen LogP contribution is 2.32. The molecule has 10 heteroatoms. The Kier molecular flexibility index (Phi) is 6.53. The molecule has 160 valence electrons. The summed E-state index contributed by atoms with van der Waals surface area (Å²) in [4.78, 5) is 26.8. The molecule has 1 saturated heterocycles. The average Bonchev–Trinajstić information content (AvgIpc) is 2.73. The van der Waals surface area contributed by atoms with Crippen LogP contribution in [-0.2, 0) is 17.4 Å². The molecule has 1 aromatic carbocycles. The first-order valence-corrected chi connectivity index (χ1v) is 9.57. The molecule has 0 unspecified atom stereocenters. The van der Waals surface area contributed by atoms with E-state index in [0.29, 0.717) is 31.7 Å². The van der Waals surface area contributed by atoms with Crippen LogP contribution in [0.2, 0.25) is 0 Å². The molecule has 0 spiro atoms. The van der Waals surface area contributed by atoms with Crippen molar-refractivity contribution in [3.8, 4) is 0 Å². The number of primary amides is 1. The number of hydrogen-bond acceptors (Lipinski definition) is 5. The van der Waals surface area contributed by atoms with Crippen molar-refractivity contribution in [2.75, 3.05) is 31.1 Å². The van der Waals surface area contributed by atoms with E-state index < -0.39 is 17.6 Å². The first kappa shape index (κ1) is 21.5. The third kappa shape index (κ3) is 5.25. The largest absolute Gasteiger partial charge is 0.417 e. The van der Waals surface area contributed by atoms with Crippen LogP contribution in [0, 0.1) is 0 Å². The molecule has 30 heavy (non-hydrogen) atoms. The summed E-state index contributed by atoms with van der Waals surface area (Å²) < 4.78 is 39.6. The van der Waals surface area contributed by atoms with E-state index in [2.05, 4.69) is 10.2 Å². The third-order valence-corrected chi connectivity index (χ3v) is 4.92. The third-order valence-electron chi connectivity index (χ3n) is 4.92. The first-order valence-electron chi connectivity index (χ1n) is 9.57. The van der Waals surface area contributed by atoms with E-state index in [-0.39, 0.29) is 31.0 Å². The molecule has 2 N–H and O–H groups in total. The van der Waals surface area contributed by atoms with E-state index in [1.807, 2.05) is 17.0 Å². The summed E-state index contributed by atoms with van der Waals surface area (Å²) in [5.41, 5.74) is 4.60. The number of benzene rings is 1. The van der Waals surface area contributed by atoms with Crippen molar-refractivity contribution in [1.82, 2.24) is 15.1 Å². The summed E-state index contributed by atoms with van der Waals surface area (Å²) in [6.45, 7) is 1.45. The predicted molar refractivity (Wildman–Crippen MR) is 104 cm³/mol. The molecule has 0 atom stereocenters. The number of hydrogen-bond donors (Lipinski definition) is 1. The molecule has 3 rings (SSSR count). The van der Waals surface area contributed by atoms with Gasteiger partial charge < -0.3 is 15.5 Å². The van der Waals surface area contributed by atoms with Gasteiger partial charge in [-0.2, -0.15) is 18.3 Å². The van der Waals surface area contributed by atoms with Gasteiger partial charge in [-0.15, -0.1) is 5.10 Å². The van der Waals surface area contributed by atoms with Crippen molar-refractivity contribution in [2.24, 2.45) is 5.73 Å². The van der Waals surface area contributed by atoms with E-state index in [9.17, 15) is 22.8 Å². The molecule has 7 nitrogen and oxygen atoms in total. The number of amides is 2. The fraction of sp³-hybridized carbons (Fsp3) is 0.400. The lowest BCUT2D eigenvalue weighted by atomic mass is 10.1. The highest BCUT2D eigenvalue weighted by Gasteiger charge is 2.36. The zero-order valence-corrected chi connectivity index (χ0v) is 16.2. The summed E-state index contributed by atoms with van der Waals surface area (Å²) in [7, 11) is 0. The lowest BCUT2D eigenvalue weighted by Gasteiger charge is -2.35. The summed E-state index contributed by atoms with van der Waals surface area (Å²) in [6, 6.07) is 8.46. The Hall–Kier alpha value is -3.17. The summed E-state index contributed by atoms with van der Waals surface area (Å²) in [5.74, 6) is -0.347. The van der Waals surface area contributed by atoms with Crippen LogP contribution in [0.3, 0.4) is 0 Å². The van der Waals surface area contributed by atoms with E-state index >= 15 is 0 Å². The predicted octanol–water partition coefficient (Wildman–Crippen LogP) is 2.27. The van der Waals surface area contributed by atoms with Crippen molar-refractivity contribution in [3.05, 3.63) is 53.2 Å². The minimum Gasteiger partial charge on any atom is -0.370 e. The lowest BCUT2D eigenvalue weighted by molar-refractivity contribution is -0.138. The molecule has 0 aliphatic carbocycles. The van der Waals surface area contributed by atoms with Gasteiger partial charge in [0.15, 0.2) is 5.82 Å².